The summed E-state index contributed by atoms with van der Waals surface area (Å²) in [6.45, 7) is 8.08. The topological polar surface area (TPSA) is 54.3 Å². The summed E-state index contributed by atoms with van der Waals surface area (Å²) < 4.78 is 2.19. The number of carbonyl (C=O) groups is 1. The number of likely N-dealkylation sites (tertiary alicyclic amines) is 1. The fourth-order valence-corrected chi connectivity index (χ4v) is 3.36. The third kappa shape index (κ3) is 3.37. The van der Waals surface area contributed by atoms with Crippen LogP contribution in [0.3, 0.4) is 0 Å². The molecule has 1 aliphatic rings. The maximum atomic E-state index is 12.2. The summed E-state index contributed by atoms with van der Waals surface area (Å²) in [7, 11) is 0. The zero-order valence-corrected chi connectivity index (χ0v) is 14.0. The Hall–Kier alpha value is -1.95. The van der Waals surface area contributed by atoms with E-state index < -0.39 is 0 Å². The molecule has 0 saturated carbocycles. The molecule has 1 aliphatic heterocycles. The number of pyridine rings is 1. The average Bonchev–Trinajstić information content (AvgIpc) is 3.01. The van der Waals surface area contributed by atoms with Gasteiger partial charge in [0.1, 0.15) is 5.52 Å². The summed E-state index contributed by atoms with van der Waals surface area (Å²) >= 11 is 0. The highest BCUT2D eigenvalue weighted by atomic mass is 16.2. The number of carbonyl (C=O) groups excluding carboxylic acids is 1. The van der Waals surface area contributed by atoms with Crippen LogP contribution >= 0.6 is 0 Å². The number of fused-ring (bicyclic) bond motifs is 1. The minimum absolute atomic E-state index is 0.239. The summed E-state index contributed by atoms with van der Waals surface area (Å²) in [6.07, 6.45) is 5.79. The van der Waals surface area contributed by atoms with Gasteiger partial charge in [-0.15, -0.1) is 0 Å². The molecule has 3 heterocycles. The van der Waals surface area contributed by atoms with Gasteiger partial charge < -0.3 is 9.47 Å². The lowest BCUT2D eigenvalue weighted by molar-refractivity contribution is -0.132. The molecule has 0 unspecified atom stereocenters. The van der Waals surface area contributed by atoms with Gasteiger partial charge in [0.2, 0.25) is 5.91 Å². The van der Waals surface area contributed by atoms with E-state index in [-0.39, 0.29) is 5.91 Å². The van der Waals surface area contributed by atoms with Gasteiger partial charge in [0.25, 0.3) is 0 Å². The van der Waals surface area contributed by atoms with Crippen LogP contribution < -0.4 is 0 Å². The van der Waals surface area contributed by atoms with Crippen molar-refractivity contribution in [2.24, 2.45) is 0 Å². The van der Waals surface area contributed by atoms with Crippen molar-refractivity contribution in [3.05, 3.63) is 24.7 Å². The van der Waals surface area contributed by atoms with Crippen molar-refractivity contribution in [2.75, 3.05) is 32.7 Å². The van der Waals surface area contributed by atoms with E-state index in [0.717, 1.165) is 50.2 Å². The van der Waals surface area contributed by atoms with Crippen LogP contribution in [0.2, 0.25) is 0 Å². The van der Waals surface area contributed by atoms with Gasteiger partial charge in [-0.3, -0.25) is 9.69 Å². The van der Waals surface area contributed by atoms with Crippen molar-refractivity contribution in [3.63, 3.8) is 0 Å². The Kier molecular flexibility index (Phi) is 4.91. The van der Waals surface area contributed by atoms with E-state index in [1.54, 1.807) is 0 Å². The number of piperidine rings is 1. The Morgan fingerprint density at radius 3 is 2.70 bits per heavy atom. The van der Waals surface area contributed by atoms with Gasteiger partial charge in [-0.2, -0.15) is 0 Å². The summed E-state index contributed by atoms with van der Waals surface area (Å²) in [4.78, 5) is 25.3. The highest BCUT2D eigenvalue weighted by Crippen LogP contribution is 2.25. The van der Waals surface area contributed by atoms with E-state index in [1.165, 1.54) is 0 Å². The summed E-state index contributed by atoms with van der Waals surface area (Å²) in [5.74, 6) is 0.239. The molecule has 0 aliphatic carbocycles. The van der Waals surface area contributed by atoms with Crippen molar-refractivity contribution < 1.29 is 4.79 Å². The van der Waals surface area contributed by atoms with Crippen molar-refractivity contribution >= 4 is 17.1 Å². The number of nitrogens with zero attached hydrogens (tertiary/aromatic N) is 5. The van der Waals surface area contributed by atoms with E-state index in [4.69, 9.17) is 0 Å². The molecule has 0 atom stereocenters. The summed E-state index contributed by atoms with van der Waals surface area (Å²) in [5.41, 5.74) is 1.91. The second-order valence-electron chi connectivity index (χ2n) is 6.07. The first kappa shape index (κ1) is 15.9. The second-order valence-corrected chi connectivity index (χ2v) is 6.07. The Balaban J connectivity index is 1.59. The Morgan fingerprint density at radius 1 is 1.26 bits per heavy atom. The number of imidazole rings is 1. The molecule has 0 spiro atoms. The van der Waals surface area contributed by atoms with Crippen LogP contribution in [-0.4, -0.2) is 63.0 Å². The average molecular weight is 315 g/mol. The molecule has 23 heavy (non-hydrogen) atoms. The van der Waals surface area contributed by atoms with Crippen LogP contribution in [-0.2, 0) is 4.79 Å². The number of rotatable bonds is 5. The van der Waals surface area contributed by atoms with Gasteiger partial charge in [0, 0.05) is 38.4 Å². The van der Waals surface area contributed by atoms with Crippen LogP contribution in [0.4, 0.5) is 0 Å². The standard InChI is InChI=1S/C17H25N5O/c1-3-21(4-2)16(23)12-20-10-7-14(8-11-20)22-13-19-15-6-5-9-18-17(15)22/h5-6,9,13-14H,3-4,7-8,10-12H2,1-2H3. The Labute approximate surface area is 137 Å². The lowest BCUT2D eigenvalue weighted by Crippen LogP contribution is -2.43. The number of likely N-dealkylation sites (N-methyl/N-ethyl adjacent to an activating group) is 1. The Bertz CT molecular complexity index is 656. The summed E-state index contributed by atoms with van der Waals surface area (Å²) in [6, 6.07) is 4.34. The molecule has 0 N–H and O–H groups in total. The molecule has 1 amide bonds. The molecule has 6 nitrogen and oxygen atoms in total. The normalized spacial score (nSPS) is 16.8. The predicted octanol–water partition coefficient (Wildman–Crippen LogP) is 1.94. The van der Waals surface area contributed by atoms with Gasteiger partial charge >= 0.3 is 0 Å². The lowest BCUT2D eigenvalue weighted by atomic mass is 10.0. The third-order valence-corrected chi connectivity index (χ3v) is 4.76. The zero-order valence-electron chi connectivity index (χ0n) is 14.0. The van der Waals surface area contributed by atoms with E-state index >= 15 is 0 Å². The zero-order chi connectivity index (χ0) is 16.2. The van der Waals surface area contributed by atoms with Gasteiger partial charge in [-0.05, 0) is 38.8 Å². The first-order valence-corrected chi connectivity index (χ1v) is 8.50. The predicted molar refractivity (Wildman–Crippen MR) is 90.2 cm³/mol. The third-order valence-electron chi connectivity index (χ3n) is 4.76. The van der Waals surface area contributed by atoms with Crippen LogP contribution in [0.1, 0.15) is 32.7 Å². The number of aromatic nitrogens is 3. The first-order valence-electron chi connectivity index (χ1n) is 8.50. The van der Waals surface area contributed by atoms with Crippen LogP contribution in [0.25, 0.3) is 11.2 Å². The first-order chi connectivity index (χ1) is 11.2. The molecule has 0 radical (unpaired) electrons. The van der Waals surface area contributed by atoms with Crippen LogP contribution in [0, 0.1) is 0 Å². The quantitative estimate of drug-likeness (QED) is 0.846. The number of amides is 1. The van der Waals surface area contributed by atoms with E-state index in [9.17, 15) is 4.79 Å². The van der Waals surface area contributed by atoms with Crippen LogP contribution in [0.15, 0.2) is 24.7 Å². The number of hydrogen-bond donors (Lipinski definition) is 0. The molecule has 1 saturated heterocycles. The molecule has 3 rings (SSSR count). The molecule has 124 valence electrons. The molecule has 0 bridgehead atoms. The molecular formula is C17H25N5O. The Morgan fingerprint density at radius 2 is 2.00 bits per heavy atom. The van der Waals surface area contributed by atoms with E-state index in [0.29, 0.717) is 12.6 Å². The maximum absolute atomic E-state index is 12.2. The van der Waals surface area contributed by atoms with Gasteiger partial charge in [0.15, 0.2) is 5.65 Å². The molecule has 0 aromatic carbocycles. The van der Waals surface area contributed by atoms with Crippen molar-refractivity contribution in [2.45, 2.75) is 32.7 Å². The highest BCUT2D eigenvalue weighted by molar-refractivity contribution is 5.78. The van der Waals surface area contributed by atoms with Crippen molar-refractivity contribution in [1.82, 2.24) is 24.3 Å². The second kappa shape index (κ2) is 7.08. The SMILES string of the molecule is CCN(CC)C(=O)CN1CCC(n2cnc3cccnc32)CC1. The van der Waals surface area contributed by atoms with Gasteiger partial charge in [-0.1, -0.05) is 0 Å². The number of hydrogen-bond acceptors (Lipinski definition) is 4. The largest absolute Gasteiger partial charge is 0.342 e. The molecule has 2 aromatic rings. The van der Waals surface area contributed by atoms with Crippen molar-refractivity contribution in [1.29, 1.82) is 0 Å². The fraction of sp³-hybridized carbons (Fsp3) is 0.588. The highest BCUT2D eigenvalue weighted by Gasteiger charge is 2.24. The fourth-order valence-electron chi connectivity index (χ4n) is 3.36. The minimum atomic E-state index is 0.239. The van der Waals surface area contributed by atoms with Gasteiger partial charge in [-0.25, -0.2) is 9.97 Å². The van der Waals surface area contributed by atoms with Crippen LogP contribution in [0.5, 0.6) is 0 Å². The monoisotopic (exact) mass is 315 g/mol. The maximum Gasteiger partial charge on any atom is 0.236 e. The lowest BCUT2D eigenvalue weighted by Gasteiger charge is -2.33. The smallest absolute Gasteiger partial charge is 0.236 e. The van der Waals surface area contributed by atoms with E-state index in [2.05, 4.69) is 19.4 Å². The minimum Gasteiger partial charge on any atom is -0.342 e. The van der Waals surface area contributed by atoms with Gasteiger partial charge in [0.05, 0.1) is 12.9 Å². The molecular weight excluding hydrogens is 290 g/mol. The van der Waals surface area contributed by atoms with Crippen molar-refractivity contribution in [3.8, 4) is 0 Å². The van der Waals surface area contributed by atoms with E-state index in [1.807, 2.05) is 43.4 Å². The summed E-state index contributed by atoms with van der Waals surface area (Å²) in [5, 5.41) is 0. The molecule has 6 heteroatoms. The molecule has 1 fully saturated rings. The molecule has 2 aromatic heterocycles.